The number of aromatic nitrogens is 1. The molecule has 1 amide bonds. The van der Waals surface area contributed by atoms with E-state index in [0.29, 0.717) is 12.8 Å². The summed E-state index contributed by atoms with van der Waals surface area (Å²) in [6.45, 7) is -0.00585. The normalized spacial score (nSPS) is 27.0. The largest absolute Gasteiger partial charge is 0.394 e. The Morgan fingerprint density at radius 1 is 1.47 bits per heavy atom. The quantitative estimate of drug-likeness (QED) is 0.850. The maximum Gasteiger partial charge on any atom is 0.229 e. The second kappa shape index (κ2) is 5.67. The van der Waals surface area contributed by atoms with Crippen LogP contribution in [0.5, 0.6) is 0 Å². The molecular weight excluding hydrogens is 242 g/mol. The zero-order valence-electron chi connectivity index (χ0n) is 11.2. The summed E-state index contributed by atoms with van der Waals surface area (Å²) >= 11 is 0. The standard InChI is InChI=1S/C14H21N3O2/c1-17(12-4-8-16-9-5-12)13(19)11-2-6-14(15,10-18)7-3-11/h4-5,8-9,11,18H,2-3,6-7,10,15H2,1H3. The molecule has 19 heavy (non-hydrogen) atoms. The van der Waals surface area contributed by atoms with E-state index in [-0.39, 0.29) is 18.4 Å². The molecule has 1 heterocycles. The highest BCUT2D eigenvalue weighted by Gasteiger charge is 2.35. The Labute approximate surface area is 113 Å². The molecular formula is C14H21N3O2. The Kier molecular flexibility index (Phi) is 4.17. The summed E-state index contributed by atoms with van der Waals surface area (Å²) in [6, 6.07) is 3.64. The van der Waals surface area contributed by atoms with Gasteiger partial charge in [-0.2, -0.15) is 0 Å². The monoisotopic (exact) mass is 263 g/mol. The molecule has 1 aromatic rings. The minimum Gasteiger partial charge on any atom is -0.394 e. The molecule has 0 aromatic carbocycles. The van der Waals surface area contributed by atoms with Gasteiger partial charge in [-0.05, 0) is 37.8 Å². The molecule has 0 saturated heterocycles. The summed E-state index contributed by atoms with van der Waals surface area (Å²) < 4.78 is 0. The van der Waals surface area contributed by atoms with E-state index in [9.17, 15) is 9.90 Å². The number of carbonyl (C=O) groups is 1. The number of hydrogen-bond acceptors (Lipinski definition) is 4. The molecule has 1 fully saturated rings. The molecule has 5 nitrogen and oxygen atoms in total. The Morgan fingerprint density at radius 2 is 2.05 bits per heavy atom. The first-order valence-electron chi connectivity index (χ1n) is 6.63. The third kappa shape index (κ3) is 3.11. The van der Waals surface area contributed by atoms with Gasteiger partial charge in [0.1, 0.15) is 0 Å². The van der Waals surface area contributed by atoms with Crippen LogP contribution in [-0.2, 0) is 4.79 Å². The zero-order chi connectivity index (χ0) is 13.9. The van der Waals surface area contributed by atoms with Gasteiger partial charge in [0.05, 0.1) is 6.61 Å². The molecule has 104 valence electrons. The van der Waals surface area contributed by atoms with E-state index in [1.165, 1.54) is 0 Å². The van der Waals surface area contributed by atoms with Crippen LogP contribution in [-0.4, -0.2) is 35.2 Å². The van der Waals surface area contributed by atoms with E-state index < -0.39 is 5.54 Å². The first kappa shape index (κ1) is 14.0. The molecule has 0 radical (unpaired) electrons. The number of carbonyl (C=O) groups excluding carboxylic acids is 1. The number of pyridine rings is 1. The zero-order valence-corrected chi connectivity index (χ0v) is 11.2. The lowest BCUT2D eigenvalue weighted by atomic mass is 9.77. The van der Waals surface area contributed by atoms with Crippen LogP contribution in [0, 0.1) is 5.92 Å². The molecule has 0 unspecified atom stereocenters. The van der Waals surface area contributed by atoms with Crippen LogP contribution in [0.15, 0.2) is 24.5 Å². The number of nitrogens with two attached hydrogens (primary N) is 1. The van der Waals surface area contributed by atoms with Crippen molar-refractivity contribution in [2.24, 2.45) is 11.7 Å². The van der Waals surface area contributed by atoms with Gasteiger partial charge in [0.25, 0.3) is 0 Å². The lowest BCUT2D eigenvalue weighted by Gasteiger charge is -2.36. The van der Waals surface area contributed by atoms with Gasteiger partial charge in [-0.1, -0.05) is 0 Å². The summed E-state index contributed by atoms with van der Waals surface area (Å²) in [4.78, 5) is 18.0. The van der Waals surface area contributed by atoms with Gasteiger partial charge in [-0.3, -0.25) is 9.78 Å². The Morgan fingerprint density at radius 3 is 2.58 bits per heavy atom. The van der Waals surface area contributed by atoms with E-state index in [0.717, 1.165) is 18.5 Å². The highest BCUT2D eigenvalue weighted by Crippen LogP contribution is 2.31. The molecule has 1 aliphatic carbocycles. The van der Waals surface area contributed by atoms with Crippen LogP contribution in [0.25, 0.3) is 0 Å². The van der Waals surface area contributed by atoms with Crippen molar-refractivity contribution in [2.45, 2.75) is 31.2 Å². The molecule has 5 heteroatoms. The molecule has 0 atom stereocenters. The summed E-state index contributed by atoms with van der Waals surface area (Å²) in [6.07, 6.45) is 6.23. The number of anilines is 1. The predicted octanol–water partition coefficient (Wildman–Crippen LogP) is 0.924. The predicted molar refractivity (Wildman–Crippen MR) is 73.6 cm³/mol. The third-order valence-corrected chi connectivity index (χ3v) is 4.03. The summed E-state index contributed by atoms with van der Waals surface area (Å²) in [7, 11) is 1.79. The SMILES string of the molecule is CN(C(=O)C1CCC(N)(CO)CC1)c1ccncc1. The van der Waals surface area contributed by atoms with Crippen LogP contribution < -0.4 is 10.6 Å². The van der Waals surface area contributed by atoms with Crippen molar-refractivity contribution in [1.29, 1.82) is 0 Å². The second-order valence-corrected chi connectivity index (χ2v) is 5.40. The van der Waals surface area contributed by atoms with Gasteiger partial charge in [-0.15, -0.1) is 0 Å². The van der Waals surface area contributed by atoms with Crippen molar-refractivity contribution >= 4 is 11.6 Å². The number of nitrogens with zero attached hydrogens (tertiary/aromatic N) is 2. The Balaban J connectivity index is 1.98. The summed E-state index contributed by atoms with van der Waals surface area (Å²) in [5, 5.41) is 9.24. The van der Waals surface area contributed by atoms with Crippen molar-refractivity contribution < 1.29 is 9.90 Å². The molecule has 0 aliphatic heterocycles. The van der Waals surface area contributed by atoms with Gasteiger partial charge in [-0.25, -0.2) is 0 Å². The fourth-order valence-electron chi connectivity index (χ4n) is 2.57. The summed E-state index contributed by atoms with van der Waals surface area (Å²) in [5.74, 6) is 0.118. The van der Waals surface area contributed by atoms with E-state index in [1.807, 2.05) is 12.1 Å². The molecule has 0 bridgehead atoms. The first-order valence-corrected chi connectivity index (χ1v) is 6.63. The fourth-order valence-corrected chi connectivity index (χ4v) is 2.57. The minimum absolute atomic E-state index is 0.00129. The van der Waals surface area contributed by atoms with Crippen molar-refractivity contribution in [1.82, 2.24) is 4.98 Å². The number of hydrogen-bond donors (Lipinski definition) is 2. The van der Waals surface area contributed by atoms with E-state index in [2.05, 4.69) is 4.98 Å². The molecule has 1 aromatic heterocycles. The minimum atomic E-state index is -0.494. The second-order valence-electron chi connectivity index (χ2n) is 5.40. The molecule has 1 saturated carbocycles. The summed E-state index contributed by atoms with van der Waals surface area (Å²) in [5.41, 5.74) is 6.38. The van der Waals surface area contributed by atoms with Gasteiger partial charge >= 0.3 is 0 Å². The molecule has 0 spiro atoms. The van der Waals surface area contributed by atoms with Crippen molar-refractivity contribution in [2.75, 3.05) is 18.6 Å². The average Bonchev–Trinajstić information content (AvgIpc) is 2.47. The maximum atomic E-state index is 12.4. The van der Waals surface area contributed by atoms with Crippen molar-refractivity contribution in [3.8, 4) is 0 Å². The number of rotatable bonds is 3. The highest BCUT2D eigenvalue weighted by atomic mass is 16.3. The van der Waals surface area contributed by atoms with Crippen LogP contribution in [0.3, 0.4) is 0 Å². The maximum absolute atomic E-state index is 12.4. The third-order valence-electron chi connectivity index (χ3n) is 4.03. The molecule has 3 N–H and O–H groups in total. The Hall–Kier alpha value is -1.46. The van der Waals surface area contributed by atoms with Gasteiger partial charge in [0.15, 0.2) is 0 Å². The van der Waals surface area contributed by atoms with Crippen molar-refractivity contribution in [3.05, 3.63) is 24.5 Å². The van der Waals surface area contributed by atoms with Crippen LogP contribution in [0.4, 0.5) is 5.69 Å². The lowest BCUT2D eigenvalue weighted by molar-refractivity contribution is -0.123. The smallest absolute Gasteiger partial charge is 0.229 e. The van der Waals surface area contributed by atoms with Gasteiger partial charge in [0.2, 0.25) is 5.91 Å². The van der Waals surface area contributed by atoms with Crippen LogP contribution in [0.1, 0.15) is 25.7 Å². The Bertz CT molecular complexity index is 428. The van der Waals surface area contributed by atoms with Crippen LogP contribution in [0.2, 0.25) is 0 Å². The lowest BCUT2D eigenvalue weighted by Crippen LogP contribution is -2.48. The number of aliphatic hydroxyl groups excluding tert-OH is 1. The fraction of sp³-hybridized carbons (Fsp3) is 0.571. The van der Waals surface area contributed by atoms with E-state index in [4.69, 9.17) is 5.73 Å². The van der Waals surface area contributed by atoms with Gasteiger partial charge < -0.3 is 15.7 Å². The van der Waals surface area contributed by atoms with Crippen molar-refractivity contribution in [3.63, 3.8) is 0 Å². The highest BCUT2D eigenvalue weighted by molar-refractivity contribution is 5.94. The van der Waals surface area contributed by atoms with Gasteiger partial charge in [0, 0.05) is 36.6 Å². The van der Waals surface area contributed by atoms with Crippen LogP contribution >= 0.6 is 0 Å². The topological polar surface area (TPSA) is 79.5 Å². The average molecular weight is 263 g/mol. The van der Waals surface area contributed by atoms with E-state index >= 15 is 0 Å². The van der Waals surface area contributed by atoms with E-state index in [1.54, 1.807) is 24.3 Å². The molecule has 1 aliphatic rings. The first-order chi connectivity index (χ1) is 9.06. The number of aliphatic hydroxyl groups is 1. The number of amides is 1. The molecule has 2 rings (SSSR count).